The molecule has 0 bridgehead atoms. The highest BCUT2D eigenvalue weighted by Crippen LogP contribution is 2.25. The van der Waals surface area contributed by atoms with Gasteiger partial charge in [0.05, 0.1) is 5.69 Å². The maximum Gasteiger partial charge on any atom is 0.282 e. The molecule has 4 nitrogen and oxygen atoms in total. The highest BCUT2D eigenvalue weighted by Gasteiger charge is 2.28. The number of rotatable bonds is 3. The molecular weight excluding hydrogens is 307 g/mol. The van der Waals surface area contributed by atoms with E-state index < -0.39 is 0 Å². The van der Waals surface area contributed by atoms with Gasteiger partial charge >= 0.3 is 0 Å². The van der Waals surface area contributed by atoms with Crippen molar-refractivity contribution in [3.8, 4) is 0 Å². The zero-order valence-electron chi connectivity index (χ0n) is 13.3. The molecule has 1 amide bonds. The average Bonchev–Trinajstić information content (AvgIpc) is 2.83. The van der Waals surface area contributed by atoms with Crippen LogP contribution in [-0.4, -0.2) is 17.5 Å². The van der Waals surface area contributed by atoms with E-state index in [9.17, 15) is 14.0 Å². The second-order valence-electron chi connectivity index (χ2n) is 5.48. The Morgan fingerprint density at radius 3 is 2.29 bits per heavy atom. The molecule has 5 heteroatoms. The van der Waals surface area contributed by atoms with E-state index in [1.54, 1.807) is 49.4 Å². The van der Waals surface area contributed by atoms with Crippen LogP contribution in [0.15, 0.2) is 59.2 Å². The van der Waals surface area contributed by atoms with E-state index in [4.69, 9.17) is 0 Å². The molecule has 0 fully saturated rings. The van der Waals surface area contributed by atoms with Crippen LogP contribution in [0.3, 0.4) is 0 Å². The predicted octanol–water partition coefficient (Wildman–Crippen LogP) is 3.83. The van der Waals surface area contributed by atoms with Crippen LogP contribution < -0.4 is 4.90 Å². The number of hydrogen-bond donors (Lipinski definition) is 0. The Morgan fingerprint density at radius 1 is 1.08 bits per heavy atom. The Kier molecular flexibility index (Phi) is 4.08. The maximum absolute atomic E-state index is 13.0. The van der Waals surface area contributed by atoms with Crippen molar-refractivity contribution in [2.45, 2.75) is 13.8 Å². The number of anilines is 1. The molecule has 0 aromatic heterocycles. The number of ketones is 1. The lowest BCUT2D eigenvalue weighted by Crippen LogP contribution is -2.30. The van der Waals surface area contributed by atoms with Crippen molar-refractivity contribution in [3.05, 3.63) is 71.2 Å². The van der Waals surface area contributed by atoms with E-state index in [1.165, 1.54) is 24.0 Å². The molecule has 0 saturated heterocycles. The second-order valence-corrected chi connectivity index (χ2v) is 5.48. The van der Waals surface area contributed by atoms with Crippen LogP contribution in [0.1, 0.15) is 29.8 Å². The summed E-state index contributed by atoms with van der Waals surface area (Å²) in [5.41, 5.74) is 2.22. The van der Waals surface area contributed by atoms with Crippen LogP contribution in [0, 0.1) is 5.82 Å². The Bertz CT molecular complexity index is 865. The molecule has 1 heterocycles. The summed E-state index contributed by atoms with van der Waals surface area (Å²) in [7, 11) is 0. The lowest BCUT2D eigenvalue weighted by molar-refractivity contribution is -0.113. The van der Waals surface area contributed by atoms with Crippen molar-refractivity contribution in [2.75, 3.05) is 4.90 Å². The van der Waals surface area contributed by atoms with Gasteiger partial charge in [0.2, 0.25) is 0 Å². The number of aliphatic imine (C=N–C) groups is 1. The summed E-state index contributed by atoms with van der Waals surface area (Å²) in [5, 5.41) is 0. The topological polar surface area (TPSA) is 49.7 Å². The predicted molar refractivity (Wildman–Crippen MR) is 91.4 cm³/mol. The Balaban J connectivity index is 1.90. The summed E-state index contributed by atoms with van der Waals surface area (Å²) in [6, 6.07) is 12.6. The first kappa shape index (κ1) is 15.8. The van der Waals surface area contributed by atoms with Gasteiger partial charge in [0, 0.05) is 5.56 Å². The molecule has 24 heavy (non-hydrogen) atoms. The van der Waals surface area contributed by atoms with E-state index in [0.29, 0.717) is 22.6 Å². The molecule has 0 aliphatic carbocycles. The summed E-state index contributed by atoms with van der Waals surface area (Å²) in [4.78, 5) is 29.7. The van der Waals surface area contributed by atoms with E-state index in [-0.39, 0.29) is 23.2 Å². The Labute approximate surface area is 138 Å². The van der Waals surface area contributed by atoms with E-state index >= 15 is 0 Å². The first-order valence-corrected chi connectivity index (χ1v) is 7.44. The number of hydrogen-bond acceptors (Lipinski definition) is 3. The van der Waals surface area contributed by atoms with Gasteiger partial charge in [-0.1, -0.05) is 12.1 Å². The van der Waals surface area contributed by atoms with Crippen molar-refractivity contribution in [1.29, 1.82) is 0 Å². The molecule has 1 aliphatic heterocycles. The maximum atomic E-state index is 13.0. The summed E-state index contributed by atoms with van der Waals surface area (Å²) in [5.74, 6) is -0.0744. The van der Waals surface area contributed by atoms with Gasteiger partial charge in [-0.3, -0.25) is 14.5 Å². The Hall–Kier alpha value is -3.08. The summed E-state index contributed by atoms with van der Waals surface area (Å²) >= 11 is 0. The van der Waals surface area contributed by atoms with E-state index in [1.807, 2.05) is 0 Å². The fraction of sp³-hybridized carbons (Fsp3) is 0.105. The zero-order chi connectivity index (χ0) is 17.3. The molecule has 0 saturated carbocycles. The summed E-state index contributed by atoms with van der Waals surface area (Å²) in [6.45, 7) is 3.23. The number of amidine groups is 1. The molecular formula is C19H15FN2O2. The van der Waals surface area contributed by atoms with Crippen molar-refractivity contribution in [2.24, 2.45) is 4.99 Å². The smallest absolute Gasteiger partial charge is 0.282 e. The van der Waals surface area contributed by atoms with Crippen LogP contribution in [0.2, 0.25) is 0 Å². The van der Waals surface area contributed by atoms with Crippen molar-refractivity contribution in [3.63, 3.8) is 0 Å². The highest BCUT2D eigenvalue weighted by molar-refractivity contribution is 6.28. The standard InChI is InChI=1S/C19H15FN2O2/c1-12(23)15-5-9-17(10-6-15)22-13(2)21-18(19(22)24)11-14-3-7-16(20)8-4-14/h3-11H,1-2H3/b18-11+. The third-order valence-electron chi connectivity index (χ3n) is 3.73. The number of halogens is 1. The molecule has 0 N–H and O–H groups in total. The molecule has 2 aromatic carbocycles. The monoisotopic (exact) mass is 322 g/mol. The highest BCUT2D eigenvalue weighted by atomic mass is 19.1. The third kappa shape index (κ3) is 3.01. The molecule has 0 spiro atoms. The normalized spacial score (nSPS) is 15.8. The first-order valence-electron chi connectivity index (χ1n) is 7.44. The number of carbonyl (C=O) groups excluding carboxylic acids is 2. The number of benzene rings is 2. The number of carbonyl (C=O) groups is 2. The van der Waals surface area contributed by atoms with Gasteiger partial charge in [0.15, 0.2) is 5.78 Å². The number of Topliss-reactive ketones (excluding diaryl/α,β-unsaturated/α-hetero) is 1. The van der Waals surface area contributed by atoms with Crippen molar-refractivity contribution < 1.29 is 14.0 Å². The third-order valence-corrected chi connectivity index (χ3v) is 3.73. The lowest BCUT2D eigenvalue weighted by atomic mass is 10.1. The van der Waals surface area contributed by atoms with Gasteiger partial charge in [-0.05, 0) is 61.9 Å². The molecule has 1 aliphatic rings. The minimum Gasteiger partial charge on any atom is -0.295 e. The molecule has 0 atom stereocenters. The summed E-state index contributed by atoms with van der Waals surface area (Å²) in [6.07, 6.45) is 1.62. The zero-order valence-corrected chi connectivity index (χ0v) is 13.3. The van der Waals surface area contributed by atoms with Gasteiger partial charge in [-0.25, -0.2) is 9.38 Å². The largest absolute Gasteiger partial charge is 0.295 e. The minimum atomic E-state index is -0.332. The van der Waals surface area contributed by atoms with Crippen LogP contribution in [0.5, 0.6) is 0 Å². The summed E-state index contributed by atoms with van der Waals surface area (Å²) < 4.78 is 13.0. The second kappa shape index (κ2) is 6.20. The molecule has 0 radical (unpaired) electrons. The van der Waals surface area contributed by atoms with E-state index in [0.717, 1.165) is 0 Å². The fourth-order valence-corrected chi connectivity index (χ4v) is 2.49. The minimum absolute atomic E-state index is 0.0309. The fourth-order valence-electron chi connectivity index (χ4n) is 2.49. The van der Waals surface area contributed by atoms with Crippen LogP contribution >= 0.6 is 0 Å². The molecule has 3 rings (SSSR count). The number of nitrogens with zero attached hydrogens (tertiary/aromatic N) is 2. The van der Waals surface area contributed by atoms with Gasteiger partial charge in [-0.15, -0.1) is 0 Å². The lowest BCUT2D eigenvalue weighted by Gasteiger charge is -2.16. The number of amides is 1. The average molecular weight is 322 g/mol. The van der Waals surface area contributed by atoms with Crippen LogP contribution in [0.25, 0.3) is 6.08 Å². The quantitative estimate of drug-likeness (QED) is 0.637. The van der Waals surface area contributed by atoms with Gasteiger partial charge in [0.25, 0.3) is 5.91 Å². The van der Waals surface area contributed by atoms with Crippen molar-refractivity contribution in [1.82, 2.24) is 0 Å². The van der Waals surface area contributed by atoms with E-state index in [2.05, 4.69) is 4.99 Å². The Morgan fingerprint density at radius 2 is 1.71 bits per heavy atom. The SMILES string of the molecule is CC(=O)c1ccc(N2C(=O)/C(=C\c3ccc(F)cc3)N=C2C)cc1. The van der Waals surface area contributed by atoms with Crippen LogP contribution in [-0.2, 0) is 4.79 Å². The molecule has 120 valence electrons. The van der Waals surface area contributed by atoms with Crippen LogP contribution in [0.4, 0.5) is 10.1 Å². The first-order chi connectivity index (χ1) is 11.5. The molecule has 0 unspecified atom stereocenters. The van der Waals surface area contributed by atoms with Gasteiger partial charge in [-0.2, -0.15) is 0 Å². The van der Waals surface area contributed by atoms with Gasteiger partial charge in [0.1, 0.15) is 17.3 Å². The van der Waals surface area contributed by atoms with Gasteiger partial charge < -0.3 is 0 Å². The van der Waals surface area contributed by atoms with Crippen molar-refractivity contribution >= 4 is 29.3 Å². The molecule has 2 aromatic rings.